The first-order valence-corrected chi connectivity index (χ1v) is 5.28. The quantitative estimate of drug-likeness (QED) is 0.814. The van der Waals surface area contributed by atoms with E-state index < -0.39 is 0 Å². The molecule has 0 aliphatic carbocycles. The highest BCUT2D eigenvalue weighted by molar-refractivity contribution is 7.07. The molecule has 0 radical (unpaired) electrons. The number of nitrogens with zero attached hydrogens (tertiary/aromatic N) is 2. The average Bonchev–Trinajstić information content (AvgIpc) is 2.71. The van der Waals surface area contributed by atoms with Gasteiger partial charge >= 0.3 is 0 Å². The Kier molecular flexibility index (Phi) is 2.56. The van der Waals surface area contributed by atoms with E-state index in [0.717, 1.165) is 11.1 Å². The second kappa shape index (κ2) is 3.86. The summed E-state index contributed by atoms with van der Waals surface area (Å²) in [6.45, 7) is 1.96. The van der Waals surface area contributed by atoms with Crippen LogP contribution in [0.1, 0.15) is 23.0 Å². The Morgan fingerprint density at radius 2 is 2.07 bits per heavy atom. The molecular formula is C10H11N3S. The van der Waals surface area contributed by atoms with Gasteiger partial charge in [0.25, 0.3) is 0 Å². The van der Waals surface area contributed by atoms with Crippen LogP contribution in [0, 0.1) is 6.92 Å². The minimum absolute atomic E-state index is 0.207. The molecule has 2 rings (SSSR count). The molecule has 3 nitrogen and oxygen atoms in total. The van der Waals surface area contributed by atoms with Crippen molar-refractivity contribution in [2.24, 2.45) is 5.73 Å². The van der Waals surface area contributed by atoms with Gasteiger partial charge in [-0.25, -0.2) is 9.97 Å². The van der Waals surface area contributed by atoms with Crippen LogP contribution in [-0.4, -0.2) is 9.97 Å². The van der Waals surface area contributed by atoms with Gasteiger partial charge in [-0.15, -0.1) is 0 Å². The molecule has 2 heterocycles. The third-order valence-corrected chi connectivity index (χ3v) is 2.68. The van der Waals surface area contributed by atoms with E-state index in [-0.39, 0.29) is 6.04 Å². The van der Waals surface area contributed by atoms with Crippen molar-refractivity contribution >= 4 is 11.3 Å². The molecule has 1 atom stereocenters. The maximum Gasteiger partial charge on any atom is 0.149 e. The standard InChI is InChI=1S/C10H11N3S/c1-7-4-12-10(13-5-7)9(11)8-2-3-14-6-8/h2-6,9H,11H2,1H3. The zero-order valence-electron chi connectivity index (χ0n) is 7.84. The molecule has 0 fully saturated rings. The molecule has 2 N–H and O–H groups in total. The van der Waals surface area contributed by atoms with Crippen LogP contribution >= 0.6 is 11.3 Å². The predicted molar refractivity (Wildman–Crippen MR) is 57.1 cm³/mol. The Labute approximate surface area is 86.6 Å². The lowest BCUT2D eigenvalue weighted by molar-refractivity contribution is 0.780. The van der Waals surface area contributed by atoms with Crippen molar-refractivity contribution in [1.82, 2.24) is 9.97 Å². The lowest BCUT2D eigenvalue weighted by Gasteiger charge is -2.07. The first kappa shape index (κ1) is 9.30. The Hall–Kier alpha value is -1.26. The van der Waals surface area contributed by atoms with Gasteiger partial charge in [0.15, 0.2) is 0 Å². The van der Waals surface area contributed by atoms with Crippen LogP contribution in [0.2, 0.25) is 0 Å². The molecule has 4 heteroatoms. The van der Waals surface area contributed by atoms with Crippen molar-refractivity contribution in [3.05, 3.63) is 46.2 Å². The third-order valence-electron chi connectivity index (χ3n) is 1.98. The van der Waals surface area contributed by atoms with Crippen molar-refractivity contribution in [2.75, 3.05) is 0 Å². The van der Waals surface area contributed by atoms with E-state index in [0.29, 0.717) is 5.82 Å². The number of rotatable bonds is 2. The SMILES string of the molecule is Cc1cnc(C(N)c2ccsc2)nc1. The van der Waals surface area contributed by atoms with Gasteiger partial charge in [0.1, 0.15) is 5.82 Å². The molecule has 14 heavy (non-hydrogen) atoms. The maximum absolute atomic E-state index is 5.99. The Bertz CT molecular complexity index is 394. The summed E-state index contributed by atoms with van der Waals surface area (Å²) in [5.41, 5.74) is 8.11. The van der Waals surface area contributed by atoms with E-state index in [2.05, 4.69) is 9.97 Å². The van der Waals surface area contributed by atoms with Crippen LogP contribution in [0.5, 0.6) is 0 Å². The molecule has 0 spiro atoms. The summed E-state index contributed by atoms with van der Waals surface area (Å²) in [5, 5.41) is 4.03. The van der Waals surface area contributed by atoms with Crippen molar-refractivity contribution in [3.63, 3.8) is 0 Å². The van der Waals surface area contributed by atoms with Crippen LogP contribution < -0.4 is 5.73 Å². The topological polar surface area (TPSA) is 51.8 Å². The largest absolute Gasteiger partial charge is 0.318 e. The van der Waals surface area contributed by atoms with Crippen LogP contribution in [-0.2, 0) is 0 Å². The van der Waals surface area contributed by atoms with E-state index in [9.17, 15) is 0 Å². The monoisotopic (exact) mass is 205 g/mol. The molecule has 0 bridgehead atoms. The van der Waals surface area contributed by atoms with E-state index in [4.69, 9.17) is 5.73 Å². The summed E-state index contributed by atoms with van der Waals surface area (Å²) >= 11 is 1.63. The van der Waals surface area contributed by atoms with Gasteiger partial charge in [-0.1, -0.05) is 0 Å². The van der Waals surface area contributed by atoms with E-state index >= 15 is 0 Å². The van der Waals surface area contributed by atoms with E-state index in [1.165, 1.54) is 0 Å². The molecule has 1 unspecified atom stereocenters. The average molecular weight is 205 g/mol. The Balaban J connectivity index is 2.28. The first-order valence-electron chi connectivity index (χ1n) is 4.33. The lowest BCUT2D eigenvalue weighted by atomic mass is 10.1. The molecule has 0 saturated heterocycles. The summed E-state index contributed by atoms with van der Waals surface area (Å²) in [5.74, 6) is 0.675. The zero-order chi connectivity index (χ0) is 9.97. The zero-order valence-corrected chi connectivity index (χ0v) is 8.66. The Morgan fingerprint density at radius 1 is 1.36 bits per heavy atom. The second-order valence-corrected chi connectivity index (χ2v) is 3.93. The van der Waals surface area contributed by atoms with Gasteiger partial charge in [-0.2, -0.15) is 11.3 Å². The van der Waals surface area contributed by atoms with Crippen LogP contribution in [0.4, 0.5) is 0 Å². The van der Waals surface area contributed by atoms with Crippen LogP contribution in [0.25, 0.3) is 0 Å². The van der Waals surface area contributed by atoms with Crippen molar-refractivity contribution in [3.8, 4) is 0 Å². The second-order valence-electron chi connectivity index (χ2n) is 3.15. The van der Waals surface area contributed by atoms with Crippen molar-refractivity contribution < 1.29 is 0 Å². The number of thiophene rings is 1. The lowest BCUT2D eigenvalue weighted by Crippen LogP contribution is -2.14. The van der Waals surface area contributed by atoms with Gasteiger partial charge in [-0.3, -0.25) is 0 Å². The highest BCUT2D eigenvalue weighted by atomic mass is 32.1. The number of aryl methyl sites for hydroxylation is 1. The minimum Gasteiger partial charge on any atom is -0.318 e. The number of aromatic nitrogens is 2. The molecule has 0 aliphatic rings. The third kappa shape index (κ3) is 1.81. The molecule has 2 aromatic rings. The van der Waals surface area contributed by atoms with Gasteiger partial charge in [-0.05, 0) is 34.9 Å². The van der Waals surface area contributed by atoms with Gasteiger partial charge in [0.2, 0.25) is 0 Å². The summed E-state index contributed by atoms with van der Waals surface area (Å²) in [7, 11) is 0. The fourth-order valence-electron chi connectivity index (χ4n) is 1.16. The van der Waals surface area contributed by atoms with Crippen LogP contribution in [0.3, 0.4) is 0 Å². The molecule has 0 aliphatic heterocycles. The summed E-state index contributed by atoms with van der Waals surface area (Å²) in [6.07, 6.45) is 3.57. The fourth-order valence-corrected chi connectivity index (χ4v) is 1.86. The first-order chi connectivity index (χ1) is 6.77. The predicted octanol–water partition coefficient (Wildman–Crippen LogP) is 1.89. The highest BCUT2D eigenvalue weighted by Crippen LogP contribution is 2.18. The summed E-state index contributed by atoms with van der Waals surface area (Å²) in [6, 6.07) is 1.79. The summed E-state index contributed by atoms with van der Waals surface area (Å²) in [4.78, 5) is 8.41. The number of hydrogen-bond donors (Lipinski definition) is 1. The Morgan fingerprint density at radius 3 is 2.64 bits per heavy atom. The summed E-state index contributed by atoms with van der Waals surface area (Å²) < 4.78 is 0. The van der Waals surface area contributed by atoms with Gasteiger partial charge in [0.05, 0.1) is 6.04 Å². The molecular weight excluding hydrogens is 194 g/mol. The number of hydrogen-bond acceptors (Lipinski definition) is 4. The molecule has 2 aromatic heterocycles. The van der Waals surface area contributed by atoms with Crippen LogP contribution in [0.15, 0.2) is 29.2 Å². The minimum atomic E-state index is -0.207. The highest BCUT2D eigenvalue weighted by Gasteiger charge is 2.11. The number of nitrogens with two attached hydrogens (primary N) is 1. The van der Waals surface area contributed by atoms with Gasteiger partial charge in [0, 0.05) is 12.4 Å². The van der Waals surface area contributed by atoms with E-state index in [1.807, 2.05) is 23.8 Å². The normalized spacial score (nSPS) is 12.7. The molecule has 0 amide bonds. The molecule has 72 valence electrons. The van der Waals surface area contributed by atoms with Crippen molar-refractivity contribution in [1.29, 1.82) is 0 Å². The molecule has 0 saturated carbocycles. The maximum atomic E-state index is 5.99. The van der Waals surface area contributed by atoms with Gasteiger partial charge < -0.3 is 5.73 Å². The fraction of sp³-hybridized carbons (Fsp3) is 0.200. The van der Waals surface area contributed by atoms with Crippen molar-refractivity contribution in [2.45, 2.75) is 13.0 Å². The molecule has 0 aromatic carbocycles. The van der Waals surface area contributed by atoms with E-state index in [1.54, 1.807) is 23.7 Å². The smallest absolute Gasteiger partial charge is 0.149 e.